The normalized spacial score (nSPS) is 12.9. The number of nitrogens with zero attached hydrogens (tertiary/aromatic N) is 3. The second-order valence-electron chi connectivity index (χ2n) is 16.7. The molecule has 1 aromatic heterocycles. The fraction of sp³-hybridized carbons (Fsp3) is 0.0167. The van der Waals surface area contributed by atoms with Gasteiger partial charge in [0.2, 0.25) is 0 Å². The van der Waals surface area contributed by atoms with E-state index >= 15 is 0 Å². The fourth-order valence-corrected chi connectivity index (χ4v) is 10.6. The largest absolute Gasteiger partial charge is 0.208 e. The first-order chi connectivity index (χ1) is 31.2. The van der Waals surface area contributed by atoms with E-state index < -0.39 is 5.41 Å². The van der Waals surface area contributed by atoms with Gasteiger partial charge in [0.15, 0.2) is 17.5 Å². The second kappa shape index (κ2) is 13.9. The van der Waals surface area contributed by atoms with Crippen LogP contribution in [0.5, 0.6) is 0 Å². The molecular weight excluding hydrogens is 763 g/mol. The average molecular weight is 800 g/mol. The van der Waals surface area contributed by atoms with E-state index in [1.165, 1.54) is 71.6 Å². The Bertz CT molecular complexity index is 3550. The molecule has 2 aliphatic carbocycles. The molecule has 11 aromatic rings. The van der Waals surface area contributed by atoms with Crippen LogP contribution in [0.15, 0.2) is 224 Å². The molecule has 0 unspecified atom stereocenters. The van der Waals surface area contributed by atoms with Gasteiger partial charge in [-0.05, 0) is 100 Å². The minimum absolute atomic E-state index is 0.400. The summed E-state index contributed by atoms with van der Waals surface area (Å²) in [5, 5.41) is 5.34. The van der Waals surface area contributed by atoms with Crippen molar-refractivity contribution in [2.45, 2.75) is 5.41 Å². The van der Waals surface area contributed by atoms with E-state index in [-0.39, 0.29) is 0 Å². The van der Waals surface area contributed by atoms with Crippen molar-refractivity contribution in [2.75, 3.05) is 0 Å². The van der Waals surface area contributed by atoms with Gasteiger partial charge >= 0.3 is 0 Å². The van der Waals surface area contributed by atoms with Gasteiger partial charge < -0.3 is 0 Å². The van der Waals surface area contributed by atoms with E-state index in [1.54, 1.807) is 0 Å². The van der Waals surface area contributed by atoms with Crippen LogP contribution in [0, 0.1) is 0 Å². The Hall–Kier alpha value is -8.27. The average Bonchev–Trinajstić information content (AvgIpc) is 3.85. The molecule has 0 N–H and O–H groups in total. The van der Waals surface area contributed by atoms with Gasteiger partial charge in [-0.3, -0.25) is 0 Å². The Balaban J connectivity index is 0.925. The van der Waals surface area contributed by atoms with Crippen molar-refractivity contribution in [3.05, 3.63) is 247 Å². The molecule has 0 saturated heterocycles. The van der Waals surface area contributed by atoms with E-state index in [4.69, 9.17) is 15.0 Å². The summed E-state index contributed by atoms with van der Waals surface area (Å²) in [6.45, 7) is 0. The summed E-state index contributed by atoms with van der Waals surface area (Å²) in [5.74, 6) is 1.91. The monoisotopic (exact) mass is 799 g/mol. The van der Waals surface area contributed by atoms with Gasteiger partial charge in [0.25, 0.3) is 0 Å². The number of fused-ring (bicyclic) bond motifs is 7. The molecule has 10 aromatic carbocycles. The third-order valence-electron chi connectivity index (χ3n) is 13.3. The zero-order valence-corrected chi connectivity index (χ0v) is 34.2. The first-order valence-corrected chi connectivity index (χ1v) is 21.6. The molecule has 292 valence electrons. The SMILES string of the molecule is c1ccc(-c2ccc(-c3nc(-c4ccccc4)nc(-c4cccc(-c5cccc(-c6cccc7c6-c6ccccc6C76c7cccc8ccc9cccc6c9c78)c5)c4)n3)cc2)cc1. The van der Waals surface area contributed by atoms with Crippen LogP contribution < -0.4 is 0 Å². The maximum atomic E-state index is 5.12. The molecule has 0 aliphatic heterocycles. The quantitative estimate of drug-likeness (QED) is 0.157. The van der Waals surface area contributed by atoms with Crippen LogP contribution >= 0.6 is 0 Å². The number of benzene rings is 10. The van der Waals surface area contributed by atoms with Crippen molar-refractivity contribution >= 4 is 21.5 Å². The molecule has 0 amide bonds. The summed E-state index contributed by atoms with van der Waals surface area (Å²) < 4.78 is 0. The van der Waals surface area contributed by atoms with E-state index in [1.807, 2.05) is 24.3 Å². The Labute approximate surface area is 365 Å². The van der Waals surface area contributed by atoms with E-state index in [9.17, 15) is 0 Å². The number of aromatic nitrogens is 3. The lowest BCUT2D eigenvalue weighted by Crippen LogP contribution is -2.26. The Morgan fingerprint density at radius 3 is 1.33 bits per heavy atom. The van der Waals surface area contributed by atoms with Crippen LogP contribution in [-0.4, -0.2) is 15.0 Å². The molecule has 0 saturated carbocycles. The Morgan fingerprint density at radius 2 is 0.667 bits per heavy atom. The molecule has 3 nitrogen and oxygen atoms in total. The van der Waals surface area contributed by atoms with Crippen molar-refractivity contribution in [3.63, 3.8) is 0 Å². The minimum atomic E-state index is -0.400. The van der Waals surface area contributed by atoms with Gasteiger partial charge in [-0.15, -0.1) is 0 Å². The molecule has 0 radical (unpaired) electrons. The number of hydrogen-bond acceptors (Lipinski definition) is 3. The summed E-state index contributed by atoms with van der Waals surface area (Å²) in [6, 6.07) is 81.0. The first kappa shape index (κ1) is 35.5. The third-order valence-corrected chi connectivity index (χ3v) is 13.3. The van der Waals surface area contributed by atoms with Crippen molar-refractivity contribution in [2.24, 2.45) is 0 Å². The highest BCUT2D eigenvalue weighted by Gasteiger charge is 2.51. The first-order valence-electron chi connectivity index (χ1n) is 21.6. The van der Waals surface area contributed by atoms with E-state index in [0.29, 0.717) is 17.5 Å². The maximum absolute atomic E-state index is 5.12. The Morgan fingerprint density at radius 1 is 0.254 bits per heavy atom. The number of hydrogen-bond donors (Lipinski definition) is 0. The molecule has 13 rings (SSSR count). The summed E-state index contributed by atoms with van der Waals surface area (Å²) in [7, 11) is 0. The van der Waals surface area contributed by atoms with Crippen LogP contribution in [0.2, 0.25) is 0 Å². The molecule has 2 aliphatic rings. The molecule has 3 heteroatoms. The molecule has 63 heavy (non-hydrogen) atoms. The van der Waals surface area contributed by atoms with E-state index in [0.717, 1.165) is 33.4 Å². The highest BCUT2D eigenvalue weighted by molar-refractivity contribution is 6.17. The lowest BCUT2D eigenvalue weighted by atomic mass is 9.70. The predicted molar refractivity (Wildman–Crippen MR) is 258 cm³/mol. The molecular formula is C60H37N3. The van der Waals surface area contributed by atoms with Crippen molar-refractivity contribution in [1.29, 1.82) is 0 Å². The molecule has 1 spiro atoms. The maximum Gasteiger partial charge on any atom is 0.164 e. The molecule has 0 bridgehead atoms. The zero-order valence-electron chi connectivity index (χ0n) is 34.2. The highest BCUT2D eigenvalue weighted by Crippen LogP contribution is 2.63. The van der Waals surface area contributed by atoms with Gasteiger partial charge in [0.05, 0.1) is 5.41 Å². The number of rotatable bonds is 6. The van der Waals surface area contributed by atoms with Crippen molar-refractivity contribution < 1.29 is 0 Å². The van der Waals surface area contributed by atoms with Crippen molar-refractivity contribution in [3.8, 4) is 78.7 Å². The second-order valence-corrected chi connectivity index (χ2v) is 16.7. The molecule has 1 heterocycles. The van der Waals surface area contributed by atoms with Gasteiger partial charge in [-0.25, -0.2) is 15.0 Å². The predicted octanol–water partition coefficient (Wildman–Crippen LogP) is 14.9. The Kier molecular flexibility index (Phi) is 7.82. The van der Waals surface area contributed by atoms with E-state index in [2.05, 4.69) is 200 Å². The third kappa shape index (κ3) is 5.36. The van der Waals surface area contributed by atoms with Crippen LogP contribution in [0.3, 0.4) is 0 Å². The topological polar surface area (TPSA) is 38.7 Å². The van der Waals surface area contributed by atoms with Crippen LogP contribution in [0.25, 0.3) is 100 Å². The summed E-state index contributed by atoms with van der Waals surface area (Å²) in [6.07, 6.45) is 0. The summed E-state index contributed by atoms with van der Waals surface area (Å²) in [4.78, 5) is 15.2. The lowest BCUT2D eigenvalue weighted by molar-refractivity contribution is 0.797. The summed E-state index contributed by atoms with van der Waals surface area (Å²) >= 11 is 0. The van der Waals surface area contributed by atoms with Gasteiger partial charge in [0.1, 0.15) is 0 Å². The zero-order chi connectivity index (χ0) is 41.5. The lowest BCUT2D eigenvalue weighted by Gasteiger charge is -2.31. The smallest absolute Gasteiger partial charge is 0.164 e. The summed E-state index contributed by atoms with van der Waals surface area (Å²) in [5.41, 5.74) is 17.4. The van der Waals surface area contributed by atoms with Crippen LogP contribution in [-0.2, 0) is 5.41 Å². The van der Waals surface area contributed by atoms with Gasteiger partial charge in [-0.1, -0.05) is 212 Å². The van der Waals surface area contributed by atoms with Gasteiger partial charge in [0, 0.05) is 16.7 Å². The molecule has 0 atom stereocenters. The van der Waals surface area contributed by atoms with Crippen LogP contribution in [0.4, 0.5) is 0 Å². The van der Waals surface area contributed by atoms with Crippen LogP contribution in [0.1, 0.15) is 22.3 Å². The highest BCUT2D eigenvalue weighted by atomic mass is 15.0. The minimum Gasteiger partial charge on any atom is -0.208 e. The fourth-order valence-electron chi connectivity index (χ4n) is 10.6. The molecule has 0 fully saturated rings. The van der Waals surface area contributed by atoms with Gasteiger partial charge in [-0.2, -0.15) is 0 Å². The van der Waals surface area contributed by atoms with Crippen molar-refractivity contribution in [1.82, 2.24) is 15.0 Å². The standard InChI is InChI=1S/C60H37N3/c1-3-14-38(15-4-1)39-30-34-43(35-31-39)58-61-57(42-16-5-2-6-17-42)62-59(63-58)47-23-10-21-45(37-47)44-20-9-22-46(36-44)48-25-13-29-53-56(48)49-24-7-8-26-50(49)60(53)51-27-11-18-40-32-33-41-19-12-28-52(60)55(41)54(40)51/h1-37H.